The Labute approximate surface area is 195 Å². The Balaban J connectivity index is 1.53. The number of halogens is 1. The Bertz CT molecular complexity index is 898. The number of rotatable bonds is 9. The lowest BCUT2D eigenvalue weighted by molar-refractivity contribution is -0.201. The number of nitrogens with zero attached hydrogens (tertiary/aromatic N) is 4. The van der Waals surface area contributed by atoms with Crippen LogP contribution in [0.25, 0.3) is 0 Å². The summed E-state index contributed by atoms with van der Waals surface area (Å²) in [5.41, 5.74) is 2.43. The summed E-state index contributed by atoms with van der Waals surface area (Å²) in [6, 6.07) is 3.34. The number of aliphatic hydroxyl groups is 1. The van der Waals surface area contributed by atoms with Crippen molar-refractivity contribution in [3.05, 3.63) is 23.5 Å². The van der Waals surface area contributed by atoms with Crippen molar-refractivity contribution in [2.45, 2.75) is 39.9 Å². The van der Waals surface area contributed by atoms with Gasteiger partial charge >= 0.3 is 0 Å². The van der Waals surface area contributed by atoms with E-state index in [1.165, 1.54) is 18.9 Å². The first-order valence-corrected chi connectivity index (χ1v) is 11.8. The van der Waals surface area contributed by atoms with Gasteiger partial charge in [0.15, 0.2) is 6.29 Å². The van der Waals surface area contributed by atoms with Crippen LogP contribution in [0.5, 0.6) is 0 Å². The van der Waals surface area contributed by atoms with Gasteiger partial charge in [0.05, 0.1) is 32.1 Å². The number of aliphatic imine (C=N–C) groups is 1. The molecule has 1 aromatic rings. The number of benzene rings is 1. The van der Waals surface area contributed by atoms with Gasteiger partial charge in [-0.3, -0.25) is 4.99 Å². The smallest absolute Gasteiger partial charge is 0.176 e. The van der Waals surface area contributed by atoms with Crippen LogP contribution >= 0.6 is 0 Å². The highest BCUT2D eigenvalue weighted by Crippen LogP contribution is 2.48. The van der Waals surface area contributed by atoms with Crippen LogP contribution in [-0.2, 0) is 9.47 Å². The van der Waals surface area contributed by atoms with Gasteiger partial charge in [-0.2, -0.15) is 5.10 Å². The Morgan fingerprint density at radius 3 is 2.48 bits per heavy atom. The van der Waals surface area contributed by atoms with E-state index >= 15 is 4.39 Å². The molecule has 4 rings (SSSR count). The first-order valence-electron chi connectivity index (χ1n) is 11.8. The maximum atomic E-state index is 15.2. The molecular formula is C24H36FN5O3. The standard InChI is InChI=1S/C24H36FN5O3/c1-4-29(5-2)20-9-21(30-12-23(3,13-30)14-31)18(25)8-17(20)19(28-26)10-27-11-22-32-15-24(6-7-24)16-33-22/h8-10,22,31H,4-7,11-16,26H2,1-3H3/b27-10?,28-19+. The molecule has 0 aromatic heterocycles. The molecule has 2 aliphatic heterocycles. The summed E-state index contributed by atoms with van der Waals surface area (Å²) in [6.07, 6.45) is 3.53. The second kappa shape index (κ2) is 9.56. The molecule has 0 amide bonds. The number of ether oxygens (including phenoxy) is 2. The predicted octanol–water partition coefficient (Wildman–Crippen LogP) is 2.38. The van der Waals surface area contributed by atoms with Crippen molar-refractivity contribution in [1.29, 1.82) is 0 Å². The van der Waals surface area contributed by atoms with Gasteiger partial charge < -0.3 is 30.2 Å². The third-order valence-corrected chi connectivity index (χ3v) is 7.03. The summed E-state index contributed by atoms with van der Waals surface area (Å²) in [4.78, 5) is 8.54. The van der Waals surface area contributed by atoms with Crippen LogP contribution in [0.1, 0.15) is 39.2 Å². The predicted molar refractivity (Wildman–Crippen MR) is 129 cm³/mol. The lowest BCUT2D eigenvalue weighted by Crippen LogP contribution is -2.57. The largest absolute Gasteiger partial charge is 0.396 e. The summed E-state index contributed by atoms with van der Waals surface area (Å²) in [5.74, 6) is 5.37. The van der Waals surface area contributed by atoms with Gasteiger partial charge in [-0.15, -0.1) is 0 Å². The highest BCUT2D eigenvalue weighted by molar-refractivity contribution is 6.39. The first kappa shape index (κ1) is 23.9. The van der Waals surface area contributed by atoms with Gasteiger partial charge in [0.25, 0.3) is 0 Å². The van der Waals surface area contributed by atoms with E-state index in [0.717, 1.165) is 32.0 Å². The lowest BCUT2D eigenvalue weighted by atomic mass is 9.82. The zero-order chi connectivity index (χ0) is 23.6. The molecule has 33 heavy (non-hydrogen) atoms. The minimum Gasteiger partial charge on any atom is -0.396 e. The summed E-state index contributed by atoms with van der Waals surface area (Å²) >= 11 is 0. The highest BCUT2D eigenvalue weighted by Gasteiger charge is 2.46. The molecule has 0 bridgehead atoms. The molecule has 9 heteroatoms. The number of aliphatic hydroxyl groups excluding tert-OH is 1. The number of hydrogen-bond acceptors (Lipinski definition) is 8. The molecule has 1 aliphatic carbocycles. The molecule has 3 N–H and O–H groups in total. The van der Waals surface area contributed by atoms with Gasteiger partial charge in [0, 0.05) is 54.5 Å². The molecule has 3 fully saturated rings. The molecule has 8 nitrogen and oxygen atoms in total. The average molecular weight is 462 g/mol. The van der Waals surface area contributed by atoms with Crippen molar-refractivity contribution in [2.75, 3.05) is 62.3 Å². The van der Waals surface area contributed by atoms with Crippen LogP contribution in [0, 0.1) is 16.6 Å². The monoisotopic (exact) mass is 461 g/mol. The second-order valence-corrected chi connectivity index (χ2v) is 9.88. The van der Waals surface area contributed by atoms with E-state index in [9.17, 15) is 5.11 Å². The van der Waals surface area contributed by atoms with Gasteiger partial charge in [-0.1, -0.05) is 6.92 Å². The van der Waals surface area contributed by atoms with E-state index in [1.807, 2.05) is 17.9 Å². The number of hydrazone groups is 1. The highest BCUT2D eigenvalue weighted by atomic mass is 19.1. The minimum absolute atomic E-state index is 0.0853. The average Bonchev–Trinajstić information content (AvgIpc) is 3.56. The normalized spacial score (nSPS) is 22.1. The van der Waals surface area contributed by atoms with Crippen LogP contribution in [0.2, 0.25) is 0 Å². The van der Waals surface area contributed by atoms with Crippen molar-refractivity contribution >= 4 is 23.3 Å². The fourth-order valence-electron chi connectivity index (χ4n) is 4.57. The maximum Gasteiger partial charge on any atom is 0.176 e. The fourth-order valence-corrected chi connectivity index (χ4v) is 4.57. The van der Waals surface area contributed by atoms with E-state index in [2.05, 4.69) is 28.8 Å². The molecule has 0 unspecified atom stereocenters. The van der Waals surface area contributed by atoms with Crippen LogP contribution in [-0.4, -0.2) is 75.9 Å². The molecule has 182 valence electrons. The summed E-state index contributed by atoms with van der Waals surface area (Å²) in [7, 11) is 0. The number of hydrogen-bond donors (Lipinski definition) is 2. The number of nitrogens with two attached hydrogens (primary N) is 1. The van der Waals surface area contributed by atoms with Gasteiger partial charge in [0.1, 0.15) is 11.5 Å². The lowest BCUT2D eigenvalue weighted by Gasteiger charge is -2.48. The summed E-state index contributed by atoms with van der Waals surface area (Å²) in [5, 5.41) is 13.5. The van der Waals surface area contributed by atoms with Gasteiger partial charge in [0.2, 0.25) is 0 Å². The van der Waals surface area contributed by atoms with E-state index in [0.29, 0.717) is 36.6 Å². The SMILES string of the molecule is CCN(CC)c1cc(N2CC(C)(CO)C2)c(F)cc1/C(C=NCC1OCC2(CC2)CO1)=N/N. The minimum atomic E-state index is -0.375. The Kier molecular flexibility index (Phi) is 6.93. The summed E-state index contributed by atoms with van der Waals surface area (Å²) < 4.78 is 26.8. The first-order chi connectivity index (χ1) is 15.9. The molecule has 0 radical (unpaired) electrons. The zero-order valence-corrected chi connectivity index (χ0v) is 19.9. The van der Waals surface area contributed by atoms with Gasteiger partial charge in [-0.25, -0.2) is 4.39 Å². The molecule has 2 heterocycles. The van der Waals surface area contributed by atoms with Crippen molar-refractivity contribution in [2.24, 2.45) is 26.8 Å². The van der Waals surface area contributed by atoms with Crippen molar-refractivity contribution < 1.29 is 19.0 Å². The fraction of sp³-hybridized carbons (Fsp3) is 0.667. The van der Waals surface area contributed by atoms with Crippen LogP contribution in [0.3, 0.4) is 0 Å². The van der Waals surface area contributed by atoms with Crippen molar-refractivity contribution in [3.8, 4) is 0 Å². The van der Waals surface area contributed by atoms with E-state index < -0.39 is 0 Å². The molecule has 1 aromatic carbocycles. The summed E-state index contributed by atoms with van der Waals surface area (Å²) in [6.45, 7) is 10.7. The Hall–Kier alpha value is -2.23. The number of anilines is 2. The molecule has 2 saturated heterocycles. The molecule has 3 aliphatic rings. The molecular weight excluding hydrogens is 425 g/mol. The molecule has 1 saturated carbocycles. The molecule has 1 spiro atoms. The quantitative estimate of drug-likeness (QED) is 0.333. The third-order valence-electron chi connectivity index (χ3n) is 7.03. The third kappa shape index (κ3) is 5.00. The van der Waals surface area contributed by atoms with Gasteiger partial charge in [-0.05, 0) is 38.8 Å². The molecule has 0 atom stereocenters. The second-order valence-electron chi connectivity index (χ2n) is 9.88. The van der Waals surface area contributed by atoms with Crippen LogP contribution in [0.4, 0.5) is 15.8 Å². The van der Waals surface area contributed by atoms with E-state index in [-0.39, 0.29) is 29.5 Å². The van der Waals surface area contributed by atoms with Crippen molar-refractivity contribution in [3.63, 3.8) is 0 Å². The van der Waals surface area contributed by atoms with E-state index in [1.54, 1.807) is 6.21 Å². The Morgan fingerprint density at radius 2 is 1.94 bits per heavy atom. The Morgan fingerprint density at radius 1 is 1.27 bits per heavy atom. The zero-order valence-electron chi connectivity index (χ0n) is 19.9. The van der Waals surface area contributed by atoms with Crippen molar-refractivity contribution in [1.82, 2.24) is 0 Å². The maximum absolute atomic E-state index is 15.2. The van der Waals surface area contributed by atoms with E-state index in [4.69, 9.17) is 15.3 Å². The van der Waals surface area contributed by atoms with Crippen LogP contribution in [0.15, 0.2) is 22.2 Å². The van der Waals surface area contributed by atoms with Crippen LogP contribution < -0.4 is 15.6 Å². The topological polar surface area (TPSA) is 95.9 Å².